The van der Waals surface area contributed by atoms with Crippen LogP contribution in [0.25, 0.3) is 5.65 Å². The van der Waals surface area contributed by atoms with Crippen molar-refractivity contribution in [3.8, 4) is 0 Å². The number of pyridine rings is 1. The molecule has 0 radical (unpaired) electrons. The van der Waals surface area contributed by atoms with E-state index in [1.54, 1.807) is 4.52 Å². The molecule has 0 spiro atoms. The van der Waals surface area contributed by atoms with Gasteiger partial charge in [-0.2, -0.15) is 0 Å². The number of nitrogens with zero attached hydrogens (tertiary/aromatic N) is 3. The summed E-state index contributed by atoms with van der Waals surface area (Å²) in [5.41, 5.74) is 0.865. The lowest BCUT2D eigenvalue weighted by atomic mass is 10.5. The predicted molar refractivity (Wildman–Crippen MR) is 53.4 cm³/mol. The molecule has 0 N–H and O–H groups in total. The van der Waals surface area contributed by atoms with Crippen LogP contribution >= 0.6 is 38.5 Å². The molecule has 0 amide bonds. The van der Waals surface area contributed by atoms with Crippen molar-refractivity contribution in [2.24, 2.45) is 0 Å². The Labute approximate surface area is 85.1 Å². The van der Waals surface area contributed by atoms with Gasteiger partial charge in [0.05, 0.1) is 0 Å². The molecule has 0 saturated heterocycles. The van der Waals surface area contributed by atoms with E-state index >= 15 is 0 Å². The predicted octanol–water partition coefficient (Wildman–Crippen LogP) is 2.10. The van der Waals surface area contributed by atoms with Crippen LogP contribution in [-0.4, -0.2) is 14.6 Å². The van der Waals surface area contributed by atoms with E-state index in [1.807, 2.05) is 18.2 Å². The van der Waals surface area contributed by atoms with E-state index in [2.05, 4.69) is 48.6 Å². The van der Waals surface area contributed by atoms with Crippen LogP contribution in [0, 0.1) is 3.83 Å². The Balaban J connectivity index is 2.90. The Bertz CT molecular complexity index is 398. The molecule has 0 fully saturated rings. The monoisotopic (exact) mass is 323 g/mol. The largest absolute Gasteiger partial charge is 0.212 e. The van der Waals surface area contributed by atoms with E-state index in [9.17, 15) is 0 Å². The highest BCUT2D eigenvalue weighted by atomic mass is 127. The molecule has 0 atom stereocenters. The van der Waals surface area contributed by atoms with Crippen molar-refractivity contribution in [2.45, 2.75) is 0 Å². The maximum atomic E-state index is 4.18. The summed E-state index contributed by atoms with van der Waals surface area (Å²) in [6, 6.07) is 5.78. The first kappa shape index (κ1) is 7.48. The minimum absolute atomic E-state index is 0.759. The summed E-state index contributed by atoms with van der Waals surface area (Å²) >= 11 is 5.45. The van der Waals surface area contributed by atoms with Crippen molar-refractivity contribution in [3.63, 3.8) is 0 Å². The highest BCUT2D eigenvalue weighted by Crippen LogP contribution is 2.11. The van der Waals surface area contributed by atoms with E-state index in [0.29, 0.717) is 0 Å². The summed E-state index contributed by atoms with van der Waals surface area (Å²) in [5, 5.41) is 4.16. The number of hydrogen-bond acceptors (Lipinski definition) is 2. The molecule has 2 heterocycles. The summed E-state index contributed by atoms with van der Waals surface area (Å²) in [6.07, 6.45) is 0. The molecule has 0 unspecified atom stereocenters. The molecule has 0 aromatic carbocycles. The molecule has 0 aliphatic rings. The third-order valence-corrected chi connectivity index (χ3v) is 2.34. The van der Waals surface area contributed by atoms with Gasteiger partial charge in [-0.3, -0.25) is 0 Å². The summed E-state index contributed by atoms with van der Waals surface area (Å²) in [7, 11) is 0. The number of aromatic nitrogens is 3. The topological polar surface area (TPSA) is 30.2 Å². The van der Waals surface area contributed by atoms with Crippen LogP contribution in [0.3, 0.4) is 0 Å². The Morgan fingerprint density at radius 1 is 1.45 bits per heavy atom. The Hall–Kier alpha value is -0.170. The summed E-state index contributed by atoms with van der Waals surface area (Å²) in [5.74, 6) is 0. The maximum Gasteiger partial charge on any atom is 0.212 e. The van der Waals surface area contributed by atoms with Crippen molar-refractivity contribution in [3.05, 3.63) is 26.6 Å². The molecule has 2 aromatic rings. The number of rotatable bonds is 0. The molecule has 0 aliphatic carbocycles. The fourth-order valence-corrected chi connectivity index (χ4v) is 1.72. The van der Waals surface area contributed by atoms with Crippen molar-refractivity contribution >= 4 is 44.2 Å². The van der Waals surface area contributed by atoms with E-state index in [1.165, 1.54) is 0 Å². The lowest BCUT2D eigenvalue weighted by Gasteiger charge is -1.91. The van der Waals surface area contributed by atoms with Crippen molar-refractivity contribution in [1.29, 1.82) is 0 Å². The first-order valence-electron chi connectivity index (χ1n) is 2.94. The van der Waals surface area contributed by atoms with Crippen LogP contribution in [0.4, 0.5) is 0 Å². The molecular formula is C6H3BrIN3. The lowest BCUT2D eigenvalue weighted by molar-refractivity contribution is 0.920. The molecule has 2 aromatic heterocycles. The van der Waals surface area contributed by atoms with Gasteiger partial charge >= 0.3 is 0 Å². The fourth-order valence-electron chi connectivity index (χ4n) is 0.847. The van der Waals surface area contributed by atoms with E-state index in [0.717, 1.165) is 14.1 Å². The SMILES string of the molecule is Brc1cccc2nc(I)nn12. The second-order valence-corrected chi connectivity index (χ2v) is 3.78. The van der Waals surface area contributed by atoms with Crippen LogP contribution < -0.4 is 0 Å². The Morgan fingerprint density at radius 2 is 2.27 bits per heavy atom. The highest BCUT2D eigenvalue weighted by Gasteiger charge is 2.00. The second kappa shape index (κ2) is 2.71. The number of hydrogen-bond donors (Lipinski definition) is 0. The van der Waals surface area contributed by atoms with Gasteiger partial charge in [-0.05, 0) is 28.1 Å². The molecule has 3 nitrogen and oxygen atoms in total. The smallest absolute Gasteiger partial charge is 0.206 e. The van der Waals surface area contributed by atoms with Gasteiger partial charge in [0.15, 0.2) is 5.65 Å². The maximum absolute atomic E-state index is 4.18. The first-order valence-corrected chi connectivity index (χ1v) is 4.81. The fraction of sp³-hybridized carbons (Fsp3) is 0. The zero-order valence-electron chi connectivity index (χ0n) is 5.33. The van der Waals surface area contributed by atoms with Gasteiger partial charge in [0.1, 0.15) is 4.60 Å². The lowest BCUT2D eigenvalue weighted by Crippen LogP contribution is -1.87. The number of halogens is 2. The molecule has 56 valence electrons. The van der Waals surface area contributed by atoms with Gasteiger partial charge in [0.25, 0.3) is 0 Å². The third kappa shape index (κ3) is 1.26. The summed E-state index contributed by atoms with van der Waals surface area (Å²) < 4.78 is 3.43. The van der Waals surface area contributed by atoms with Gasteiger partial charge in [0.2, 0.25) is 3.83 Å². The van der Waals surface area contributed by atoms with Gasteiger partial charge in [0, 0.05) is 22.6 Å². The molecule has 11 heavy (non-hydrogen) atoms. The summed E-state index contributed by atoms with van der Waals surface area (Å²) in [4.78, 5) is 4.18. The minimum Gasteiger partial charge on any atom is -0.206 e. The third-order valence-electron chi connectivity index (χ3n) is 1.29. The van der Waals surface area contributed by atoms with E-state index in [4.69, 9.17) is 0 Å². The number of fused-ring (bicyclic) bond motifs is 1. The molecule has 0 bridgehead atoms. The molecule has 0 aliphatic heterocycles. The zero-order chi connectivity index (χ0) is 7.84. The Morgan fingerprint density at radius 3 is 3.00 bits per heavy atom. The quantitative estimate of drug-likeness (QED) is 0.549. The normalized spacial score (nSPS) is 10.7. The molecule has 2 rings (SSSR count). The second-order valence-electron chi connectivity index (χ2n) is 2.00. The van der Waals surface area contributed by atoms with Crippen LogP contribution in [0.5, 0.6) is 0 Å². The van der Waals surface area contributed by atoms with Crippen LogP contribution in [-0.2, 0) is 0 Å². The van der Waals surface area contributed by atoms with Crippen molar-refractivity contribution in [2.75, 3.05) is 0 Å². The van der Waals surface area contributed by atoms with Crippen LogP contribution in [0.2, 0.25) is 0 Å². The van der Waals surface area contributed by atoms with Crippen LogP contribution in [0.15, 0.2) is 22.8 Å². The standard InChI is InChI=1S/C6H3BrIN3/c7-4-2-1-3-5-9-6(8)10-11(4)5/h1-3H. The average molecular weight is 324 g/mol. The Kier molecular flexibility index (Phi) is 1.84. The highest BCUT2D eigenvalue weighted by molar-refractivity contribution is 14.1. The minimum atomic E-state index is 0.759. The molecule has 5 heteroatoms. The van der Waals surface area contributed by atoms with E-state index < -0.39 is 0 Å². The van der Waals surface area contributed by atoms with Gasteiger partial charge in [-0.1, -0.05) is 6.07 Å². The van der Waals surface area contributed by atoms with E-state index in [-0.39, 0.29) is 0 Å². The summed E-state index contributed by atoms with van der Waals surface area (Å²) in [6.45, 7) is 0. The average Bonchev–Trinajstić information content (AvgIpc) is 2.31. The van der Waals surface area contributed by atoms with Gasteiger partial charge in [-0.15, -0.1) is 5.10 Å². The van der Waals surface area contributed by atoms with Crippen LogP contribution in [0.1, 0.15) is 0 Å². The van der Waals surface area contributed by atoms with Gasteiger partial charge < -0.3 is 0 Å². The first-order chi connectivity index (χ1) is 5.27. The zero-order valence-corrected chi connectivity index (χ0v) is 9.07. The van der Waals surface area contributed by atoms with Gasteiger partial charge in [-0.25, -0.2) is 9.50 Å². The molecule has 0 saturated carbocycles. The molecular weight excluding hydrogens is 321 g/mol. The van der Waals surface area contributed by atoms with Crippen molar-refractivity contribution < 1.29 is 0 Å². The van der Waals surface area contributed by atoms with Crippen molar-refractivity contribution in [1.82, 2.24) is 14.6 Å².